The summed E-state index contributed by atoms with van der Waals surface area (Å²) in [5.74, 6) is 0.0383. The summed E-state index contributed by atoms with van der Waals surface area (Å²) in [4.78, 5) is 35.9. The minimum atomic E-state index is -0.151. The van der Waals surface area contributed by atoms with Crippen LogP contribution in [-0.4, -0.2) is 63.3 Å². The second-order valence-electron chi connectivity index (χ2n) is 8.18. The maximum absolute atomic E-state index is 12.9. The molecule has 0 aliphatic carbocycles. The van der Waals surface area contributed by atoms with Gasteiger partial charge < -0.3 is 20.1 Å². The fourth-order valence-electron chi connectivity index (χ4n) is 3.84. The second-order valence-corrected chi connectivity index (χ2v) is 8.18. The van der Waals surface area contributed by atoms with Gasteiger partial charge in [-0.2, -0.15) is 0 Å². The molecule has 0 saturated carbocycles. The minimum Gasteiger partial charge on any atom is -0.352 e. The zero-order valence-electron chi connectivity index (χ0n) is 19.8. The van der Waals surface area contributed by atoms with E-state index in [2.05, 4.69) is 34.2 Å². The minimum absolute atomic E-state index is 0.0383. The van der Waals surface area contributed by atoms with Crippen molar-refractivity contribution in [2.75, 3.05) is 38.5 Å². The summed E-state index contributed by atoms with van der Waals surface area (Å²) in [5, 5.41) is 3.40. The number of nitrogens with zero attached hydrogens (tertiary/aromatic N) is 4. The van der Waals surface area contributed by atoms with Crippen LogP contribution in [0.4, 0.5) is 11.4 Å². The van der Waals surface area contributed by atoms with Crippen LogP contribution in [0.1, 0.15) is 24.2 Å². The van der Waals surface area contributed by atoms with Crippen LogP contribution in [0.3, 0.4) is 0 Å². The molecule has 0 aliphatic heterocycles. The van der Waals surface area contributed by atoms with Crippen molar-refractivity contribution in [1.29, 1.82) is 0 Å². The molecule has 3 heterocycles. The lowest BCUT2D eigenvalue weighted by atomic mass is 10.1. The van der Waals surface area contributed by atoms with Gasteiger partial charge in [0.2, 0.25) is 5.56 Å². The molecule has 4 aromatic rings. The van der Waals surface area contributed by atoms with Crippen molar-refractivity contribution in [3.63, 3.8) is 0 Å². The molecule has 0 radical (unpaired) electrons. The monoisotopic (exact) mass is 458 g/mol. The van der Waals surface area contributed by atoms with Crippen molar-refractivity contribution in [2.24, 2.45) is 0 Å². The Balaban J connectivity index is 1.52. The van der Waals surface area contributed by atoms with E-state index >= 15 is 0 Å². The number of anilines is 2. The van der Waals surface area contributed by atoms with E-state index in [9.17, 15) is 9.59 Å². The van der Waals surface area contributed by atoms with Crippen LogP contribution in [0.25, 0.3) is 16.9 Å². The zero-order chi connectivity index (χ0) is 24.1. The number of hydrogen-bond acceptors (Lipinski definition) is 5. The van der Waals surface area contributed by atoms with Crippen LogP contribution in [-0.2, 0) is 0 Å². The maximum atomic E-state index is 12.9. The van der Waals surface area contributed by atoms with Gasteiger partial charge in [0.25, 0.3) is 5.91 Å². The van der Waals surface area contributed by atoms with Gasteiger partial charge in [-0.3, -0.25) is 14.0 Å². The molecule has 0 fully saturated rings. The number of carbonyl (C=O) groups excluding carboxylic acids is 1. The number of rotatable bonds is 9. The molecule has 8 heteroatoms. The molecule has 34 heavy (non-hydrogen) atoms. The Bertz CT molecular complexity index is 1330. The highest BCUT2D eigenvalue weighted by atomic mass is 16.2. The maximum Gasteiger partial charge on any atom is 0.253 e. The topological polar surface area (TPSA) is 85.7 Å². The summed E-state index contributed by atoms with van der Waals surface area (Å²) in [5.41, 5.74) is 4.64. The Labute approximate surface area is 198 Å². The van der Waals surface area contributed by atoms with Gasteiger partial charge in [0, 0.05) is 61.1 Å². The van der Waals surface area contributed by atoms with Crippen molar-refractivity contribution < 1.29 is 4.79 Å². The summed E-state index contributed by atoms with van der Waals surface area (Å²) in [7, 11) is 2.06. The molecule has 0 bridgehead atoms. The molecule has 1 amide bonds. The van der Waals surface area contributed by atoms with Gasteiger partial charge in [-0.25, -0.2) is 4.98 Å². The van der Waals surface area contributed by atoms with E-state index < -0.39 is 0 Å². The fourth-order valence-corrected chi connectivity index (χ4v) is 3.84. The van der Waals surface area contributed by atoms with Crippen molar-refractivity contribution in [1.82, 2.24) is 24.2 Å². The third-order valence-corrected chi connectivity index (χ3v) is 5.99. The molecule has 0 aliphatic rings. The number of carbonyl (C=O) groups is 1. The molecule has 4 rings (SSSR count). The fraction of sp³-hybridized carbons (Fsp3) is 0.269. The number of pyridine rings is 2. The van der Waals surface area contributed by atoms with E-state index in [1.54, 1.807) is 18.5 Å². The number of aromatic amines is 1. The van der Waals surface area contributed by atoms with Crippen LogP contribution in [0.5, 0.6) is 0 Å². The number of benzene rings is 1. The number of hydrogen-bond donors (Lipinski definition) is 2. The Hall–Kier alpha value is -3.91. The molecular formula is C26H30N6O2. The number of fused-ring (bicyclic) bond motifs is 1. The Kier molecular flexibility index (Phi) is 7.08. The van der Waals surface area contributed by atoms with Crippen LogP contribution in [0.15, 0.2) is 71.9 Å². The summed E-state index contributed by atoms with van der Waals surface area (Å²) in [6.07, 6.45) is 5.24. The second kappa shape index (κ2) is 10.4. The van der Waals surface area contributed by atoms with E-state index in [-0.39, 0.29) is 11.5 Å². The summed E-state index contributed by atoms with van der Waals surface area (Å²) >= 11 is 0. The lowest BCUT2D eigenvalue weighted by Gasteiger charge is -2.24. The average molecular weight is 459 g/mol. The number of likely N-dealkylation sites (N-methyl/N-ethyl adjacent to an activating group) is 2. The van der Waals surface area contributed by atoms with Crippen molar-refractivity contribution in [2.45, 2.75) is 13.8 Å². The molecule has 0 spiro atoms. The van der Waals surface area contributed by atoms with Crippen LogP contribution < -0.4 is 10.9 Å². The van der Waals surface area contributed by atoms with Crippen molar-refractivity contribution in [3.8, 4) is 11.3 Å². The van der Waals surface area contributed by atoms with E-state index in [1.165, 1.54) is 0 Å². The largest absolute Gasteiger partial charge is 0.352 e. The van der Waals surface area contributed by atoms with Gasteiger partial charge in [0.1, 0.15) is 0 Å². The number of imidazole rings is 1. The lowest BCUT2D eigenvalue weighted by molar-refractivity contribution is 0.0751. The predicted octanol–water partition coefficient (Wildman–Crippen LogP) is 3.85. The molecule has 0 unspecified atom stereocenters. The molecule has 176 valence electrons. The Morgan fingerprint density at radius 2 is 1.85 bits per heavy atom. The predicted molar refractivity (Wildman–Crippen MR) is 136 cm³/mol. The van der Waals surface area contributed by atoms with Gasteiger partial charge >= 0.3 is 0 Å². The molecule has 0 atom stereocenters. The molecule has 1 aromatic carbocycles. The number of H-pyrrole nitrogens is 1. The smallest absolute Gasteiger partial charge is 0.253 e. The van der Waals surface area contributed by atoms with E-state index in [0.717, 1.165) is 41.4 Å². The highest BCUT2D eigenvalue weighted by Gasteiger charge is 2.15. The first kappa shape index (κ1) is 23.3. The highest BCUT2D eigenvalue weighted by molar-refractivity contribution is 5.94. The van der Waals surface area contributed by atoms with Gasteiger partial charge in [-0.15, -0.1) is 0 Å². The number of amides is 1. The molecule has 2 N–H and O–H groups in total. The average Bonchev–Trinajstić information content (AvgIpc) is 3.35. The lowest BCUT2D eigenvalue weighted by Crippen LogP contribution is -2.37. The van der Waals surface area contributed by atoms with Crippen molar-refractivity contribution >= 4 is 22.9 Å². The third kappa shape index (κ3) is 5.02. The van der Waals surface area contributed by atoms with Crippen molar-refractivity contribution in [3.05, 3.63) is 83.0 Å². The van der Waals surface area contributed by atoms with Gasteiger partial charge in [0.05, 0.1) is 11.4 Å². The first-order chi connectivity index (χ1) is 16.5. The van der Waals surface area contributed by atoms with Crippen LogP contribution >= 0.6 is 0 Å². The molecule has 0 saturated heterocycles. The molecule has 3 aromatic heterocycles. The quantitative estimate of drug-likeness (QED) is 0.398. The Morgan fingerprint density at radius 3 is 2.56 bits per heavy atom. The Morgan fingerprint density at radius 1 is 1.06 bits per heavy atom. The third-order valence-electron chi connectivity index (χ3n) is 5.99. The van der Waals surface area contributed by atoms with Gasteiger partial charge in [-0.05, 0) is 63.0 Å². The number of aromatic nitrogens is 3. The van der Waals surface area contributed by atoms with Gasteiger partial charge in [0.15, 0.2) is 5.65 Å². The highest BCUT2D eigenvalue weighted by Crippen LogP contribution is 2.27. The molecular weight excluding hydrogens is 428 g/mol. The normalized spacial score (nSPS) is 11.2. The van der Waals surface area contributed by atoms with E-state index in [0.29, 0.717) is 18.7 Å². The summed E-state index contributed by atoms with van der Waals surface area (Å²) in [6.45, 7) is 7.30. The zero-order valence-corrected chi connectivity index (χ0v) is 19.8. The standard InChI is InChI=1S/C26H30N6O2/c1-4-30(3)16-17-31(5-2)26(34)19-6-8-21(9-7-19)29-22-10-11-23(32-15-14-28-25(22)32)20-12-13-27-24(33)18-20/h6-15,18,29H,4-5,16-17H2,1-3H3,(H,27,33). The van der Waals surface area contributed by atoms with Crippen LogP contribution in [0.2, 0.25) is 0 Å². The van der Waals surface area contributed by atoms with E-state index in [4.69, 9.17) is 0 Å². The SMILES string of the molecule is CCN(C)CCN(CC)C(=O)c1ccc(Nc2ccc(-c3cc[nH]c(=O)c3)n3ccnc23)cc1. The van der Waals surface area contributed by atoms with E-state index in [1.807, 2.05) is 64.9 Å². The first-order valence-corrected chi connectivity index (χ1v) is 11.5. The van der Waals surface area contributed by atoms with Crippen LogP contribution in [0, 0.1) is 0 Å². The summed E-state index contributed by atoms with van der Waals surface area (Å²) in [6, 6.07) is 14.8. The first-order valence-electron chi connectivity index (χ1n) is 11.5. The number of nitrogens with one attached hydrogen (secondary N) is 2. The van der Waals surface area contributed by atoms with Gasteiger partial charge in [-0.1, -0.05) is 6.92 Å². The summed E-state index contributed by atoms with van der Waals surface area (Å²) < 4.78 is 1.95. The molecule has 8 nitrogen and oxygen atoms in total.